The zero-order chi connectivity index (χ0) is 13.3. The topological polar surface area (TPSA) is 26.0 Å². The molecule has 2 aromatic rings. The van der Waals surface area contributed by atoms with E-state index in [2.05, 4.69) is 15.9 Å². The summed E-state index contributed by atoms with van der Waals surface area (Å²) in [4.78, 5) is 0. The van der Waals surface area contributed by atoms with Crippen molar-refractivity contribution in [3.8, 4) is 0 Å². The van der Waals surface area contributed by atoms with Gasteiger partial charge in [-0.15, -0.1) is 0 Å². The predicted octanol–water partition coefficient (Wildman–Crippen LogP) is 4.25. The van der Waals surface area contributed by atoms with Crippen LogP contribution in [0.5, 0.6) is 0 Å². The third-order valence-electron chi connectivity index (χ3n) is 3.07. The molecule has 2 rings (SSSR count). The van der Waals surface area contributed by atoms with Crippen LogP contribution in [0.3, 0.4) is 0 Å². The highest BCUT2D eigenvalue weighted by atomic mass is 79.9. The molecular weight excluding hydrogens is 293 g/mol. The average Bonchev–Trinajstić information content (AvgIpc) is 2.31. The van der Waals surface area contributed by atoms with Crippen LogP contribution in [-0.2, 0) is 0 Å². The Balaban J connectivity index is 2.47. The number of hydrogen-bond acceptors (Lipinski definition) is 1. The van der Waals surface area contributed by atoms with Gasteiger partial charge in [0.25, 0.3) is 0 Å². The summed E-state index contributed by atoms with van der Waals surface area (Å²) in [7, 11) is 0. The summed E-state index contributed by atoms with van der Waals surface area (Å²) in [5.74, 6) is -0.280. The molecule has 0 spiro atoms. The van der Waals surface area contributed by atoms with Crippen LogP contribution >= 0.6 is 15.9 Å². The molecule has 2 N–H and O–H groups in total. The third kappa shape index (κ3) is 2.62. The molecule has 1 atom stereocenters. The molecule has 0 bridgehead atoms. The fourth-order valence-corrected chi connectivity index (χ4v) is 2.35. The Bertz CT molecular complexity index is 581. The van der Waals surface area contributed by atoms with Crippen LogP contribution in [0.2, 0.25) is 0 Å². The lowest BCUT2D eigenvalue weighted by molar-refractivity contribution is 0.598. The molecule has 94 valence electrons. The zero-order valence-electron chi connectivity index (χ0n) is 10.4. The quantitative estimate of drug-likeness (QED) is 0.881. The molecule has 18 heavy (non-hydrogen) atoms. The standard InChI is InChI=1S/C15H15BrFN/c1-9-3-4-10(2)13(7-9)15(18)12-6-5-11(16)8-14(12)17/h3-8,15H,18H2,1-2H3. The van der Waals surface area contributed by atoms with E-state index in [4.69, 9.17) is 5.73 Å². The Morgan fingerprint density at radius 2 is 1.78 bits per heavy atom. The van der Waals surface area contributed by atoms with Crippen molar-refractivity contribution in [3.05, 3.63) is 68.9 Å². The van der Waals surface area contributed by atoms with Gasteiger partial charge in [0.15, 0.2) is 0 Å². The van der Waals surface area contributed by atoms with E-state index in [1.165, 1.54) is 6.07 Å². The van der Waals surface area contributed by atoms with Gasteiger partial charge in [-0.2, -0.15) is 0 Å². The van der Waals surface area contributed by atoms with E-state index in [1.807, 2.05) is 38.1 Å². The van der Waals surface area contributed by atoms with Crippen molar-refractivity contribution in [3.63, 3.8) is 0 Å². The van der Waals surface area contributed by atoms with Gasteiger partial charge in [0.05, 0.1) is 6.04 Å². The van der Waals surface area contributed by atoms with E-state index in [1.54, 1.807) is 6.07 Å². The van der Waals surface area contributed by atoms with Crippen molar-refractivity contribution >= 4 is 15.9 Å². The van der Waals surface area contributed by atoms with E-state index < -0.39 is 6.04 Å². The maximum absolute atomic E-state index is 13.9. The largest absolute Gasteiger partial charge is 0.320 e. The van der Waals surface area contributed by atoms with Crippen LogP contribution < -0.4 is 5.73 Å². The van der Waals surface area contributed by atoms with Crippen molar-refractivity contribution < 1.29 is 4.39 Å². The fourth-order valence-electron chi connectivity index (χ4n) is 2.02. The second-order valence-electron chi connectivity index (χ2n) is 4.50. The van der Waals surface area contributed by atoms with E-state index in [0.29, 0.717) is 5.56 Å². The summed E-state index contributed by atoms with van der Waals surface area (Å²) in [5, 5.41) is 0. The van der Waals surface area contributed by atoms with Gasteiger partial charge in [0.2, 0.25) is 0 Å². The van der Waals surface area contributed by atoms with Crippen LogP contribution in [0, 0.1) is 19.7 Å². The second kappa shape index (κ2) is 5.21. The van der Waals surface area contributed by atoms with Crippen LogP contribution in [-0.4, -0.2) is 0 Å². The first kappa shape index (κ1) is 13.2. The first-order valence-electron chi connectivity index (χ1n) is 5.76. The summed E-state index contributed by atoms with van der Waals surface area (Å²) in [6.45, 7) is 4.00. The average molecular weight is 308 g/mol. The van der Waals surface area contributed by atoms with Gasteiger partial charge >= 0.3 is 0 Å². The highest BCUT2D eigenvalue weighted by molar-refractivity contribution is 9.10. The number of rotatable bonds is 2. The molecule has 0 heterocycles. The maximum Gasteiger partial charge on any atom is 0.129 e. The highest BCUT2D eigenvalue weighted by Crippen LogP contribution is 2.27. The monoisotopic (exact) mass is 307 g/mol. The van der Waals surface area contributed by atoms with Crippen molar-refractivity contribution in [1.29, 1.82) is 0 Å². The van der Waals surface area contributed by atoms with Crippen LogP contribution in [0.4, 0.5) is 4.39 Å². The molecule has 0 saturated heterocycles. The smallest absolute Gasteiger partial charge is 0.129 e. The molecule has 0 aliphatic rings. The summed E-state index contributed by atoms with van der Waals surface area (Å²) >= 11 is 3.25. The molecular formula is C15H15BrFN. The van der Waals surface area contributed by atoms with E-state index in [9.17, 15) is 4.39 Å². The molecule has 3 heteroatoms. The van der Waals surface area contributed by atoms with Gasteiger partial charge in [-0.25, -0.2) is 4.39 Å². The number of benzene rings is 2. The Kier molecular flexibility index (Phi) is 3.83. The molecule has 0 fully saturated rings. The normalized spacial score (nSPS) is 12.5. The summed E-state index contributed by atoms with van der Waals surface area (Å²) in [6.07, 6.45) is 0. The third-order valence-corrected chi connectivity index (χ3v) is 3.56. The Labute approximate surface area is 115 Å². The van der Waals surface area contributed by atoms with Crippen molar-refractivity contribution in [2.24, 2.45) is 5.73 Å². The van der Waals surface area contributed by atoms with Crippen LogP contribution in [0.25, 0.3) is 0 Å². The molecule has 1 unspecified atom stereocenters. The van der Waals surface area contributed by atoms with E-state index in [-0.39, 0.29) is 5.82 Å². The molecule has 0 aromatic heterocycles. The molecule has 1 nitrogen and oxygen atoms in total. The molecule has 0 aliphatic heterocycles. The van der Waals surface area contributed by atoms with E-state index >= 15 is 0 Å². The first-order valence-corrected chi connectivity index (χ1v) is 6.56. The number of halogens is 2. The minimum atomic E-state index is -0.432. The van der Waals surface area contributed by atoms with Gasteiger partial charge < -0.3 is 5.73 Å². The van der Waals surface area contributed by atoms with Gasteiger partial charge in [-0.1, -0.05) is 45.8 Å². The van der Waals surface area contributed by atoms with Crippen molar-refractivity contribution in [2.45, 2.75) is 19.9 Å². The van der Waals surface area contributed by atoms with Gasteiger partial charge in [0.1, 0.15) is 5.82 Å². The van der Waals surface area contributed by atoms with Gasteiger partial charge in [-0.3, -0.25) is 0 Å². The van der Waals surface area contributed by atoms with Crippen molar-refractivity contribution in [1.82, 2.24) is 0 Å². The predicted molar refractivity (Wildman–Crippen MR) is 76.0 cm³/mol. The minimum absolute atomic E-state index is 0.280. The Hall–Kier alpha value is -1.19. The molecule has 0 saturated carbocycles. The Morgan fingerprint density at radius 1 is 1.06 bits per heavy atom. The molecule has 2 aromatic carbocycles. The second-order valence-corrected chi connectivity index (χ2v) is 5.42. The number of nitrogens with two attached hydrogens (primary N) is 1. The van der Waals surface area contributed by atoms with E-state index in [0.717, 1.165) is 21.2 Å². The SMILES string of the molecule is Cc1ccc(C)c(C(N)c2ccc(Br)cc2F)c1. The van der Waals surface area contributed by atoms with Crippen LogP contribution in [0.15, 0.2) is 40.9 Å². The maximum atomic E-state index is 13.9. The van der Waals surface area contributed by atoms with Gasteiger partial charge in [-0.05, 0) is 37.1 Å². The number of aryl methyl sites for hydroxylation is 2. The Morgan fingerprint density at radius 3 is 2.44 bits per heavy atom. The molecule has 0 amide bonds. The highest BCUT2D eigenvalue weighted by Gasteiger charge is 2.15. The van der Waals surface area contributed by atoms with Crippen LogP contribution in [0.1, 0.15) is 28.3 Å². The lowest BCUT2D eigenvalue weighted by Gasteiger charge is -2.17. The minimum Gasteiger partial charge on any atom is -0.320 e. The summed E-state index contributed by atoms with van der Waals surface area (Å²) in [5.41, 5.74) is 9.88. The number of hydrogen-bond donors (Lipinski definition) is 1. The summed E-state index contributed by atoms with van der Waals surface area (Å²) in [6, 6.07) is 10.6. The fraction of sp³-hybridized carbons (Fsp3) is 0.200. The first-order chi connectivity index (χ1) is 8.49. The molecule has 0 radical (unpaired) electrons. The summed E-state index contributed by atoms with van der Waals surface area (Å²) < 4.78 is 14.6. The van der Waals surface area contributed by atoms with Crippen molar-refractivity contribution in [2.75, 3.05) is 0 Å². The lowest BCUT2D eigenvalue weighted by Crippen LogP contribution is -2.15. The molecule has 0 aliphatic carbocycles. The zero-order valence-corrected chi connectivity index (χ0v) is 12.0. The lowest BCUT2D eigenvalue weighted by atomic mass is 9.94. The van der Waals surface area contributed by atoms with Gasteiger partial charge in [0, 0.05) is 10.0 Å².